The first-order valence-corrected chi connectivity index (χ1v) is 11.6. The highest BCUT2D eigenvalue weighted by molar-refractivity contribution is 5.98. The van der Waals surface area contributed by atoms with Crippen molar-refractivity contribution in [3.05, 3.63) is 95.7 Å². The summed E-state index contributed by atoms with van der Waals surface area (Å²) in [5.41, 5.74) is 2.39. The summed E-state index contributed by atoms with van der Waals surface area (Å²) in [6, 6.07) is 20.2. The molecule has 1 amide bonds. The molecule has 0 radical (unpaired) electrons. The Hall–Kier alpha value is -4.59. The predicted octanol–water partition coefficient (Wildman–Crippen LogP) is 4.82. The van der Waals surface area contributed by atoms with Crippen LogP contribution in [0.2, 0.25) is 0 Å². The van der Waals surface area contributed by atoms with Gasteiger partial charge in [-0.25, -0.2) is 4.79 Å². The van der Waals surface area contributed by atoms with Gasteiger partial charge in [-0.2, -0.15) is 0 Å². The minimum atomic E-state index is -1.06. The van der Waals surface area contributed by atoms with Gasteiger partial charge in [0.1, 0.15) is 17.2 Å². The number of fused-ring (bicyclic) bond motifs is 1. The first kappa shape index (κ1) is 25.5. The second kappa shape index (κ2) is 11.4. The third-order valence-corrected chi connectivity index (χ3v) is 6.15. The molecule has 3 aromatic carbocycles. The number of carbonyl (C=O) groups is 2. The van der Waals surface area contributed by atoms with Crippen molar-refractivity contribution in [3.8, 4) is 17.2 Å². The van der Waals surface area contributed by atoms with Gasteiger partial charge in [0.15, 0.2) is 6.04 Å². The van der Waals surface area contributed by atoms with Crippen LogP contribution in [-0.4, -0.2) is 50.2 Å². The average Bonchev–Trinajstić information content (AvgIpc) is 2.96. The smallest absolute Gasteiger partial charge is 0.333 e. The van der Waals surface area contributed by atoms with Gasteiger partial charge in [0.05, 0.1) is 40.5 Å². The number of carbonyl (C=O) groups excluding carboxylic acids is 2. The molecule has 37 heavy (non-hydrogen) atoms. The van der Waals surface area contributed by atoms with Crippen LogP contribution in [0.25, 0.3) is 10.9 Å². The van der Waals surface area contributed by atoms with E-state index in [9.17, 15) is 9.59 Å². The van der Waals surface area contributed by atoms with Crippen molar-refractivity contribution in [2.45, 2.75) is 12.6 Å². The van der Waals surface area contributed by atoms with Crippen molar-refractivity contribution in [1.29, 1.82) is 0 Å². The number of amides is 1. The quantitative estimate of drug-likeness (QED) is 0.305. The molecule has 0 aliphatic carbocycles. The fraction of sp³-hybridized carbons (Fsp3) is 0.207. The van der Waals surface area contributed by atoms with E-state index < -0.39 is 12.0 Å². The van der Waals surface area contributed by atoms with E-state index in [-0.39, 0.29) is 12.5 Å². The van der Waals surface area contributed by atoms with Gasteiger partial charge < -0.3 is 23.8 Å². The molecule has 0 saturated heterocycles. The van der Waals surface area contributed by atoms with Gasteiger partial charge in [0.2, 0.25) is 0 Å². The summed E-state index contributed by atoms with van der Waals surface area (Å²) in [5.74, 6) is 0.806. The number of nitrogens with zero attached hydrogens (tertiary/aromatic N) is 2. The van der Waals surface area contributed by atoms with E-state index in [1.807, 2.05) is 30.3 Å². The van der Waals surface area contributed by atoms with Crippen LogP contribution in [0, 0.1) is 0 Å². The first-order valence-electron chi connectivity index (χ1n) is 11.6. The lowest BCUT2D eigenvalue weighted by Gasteiger charge is -2.31. The molecule has 1 unspecified atom stereocenters. The molecule has 0 bridgehead atoms. The Kier molecular flexibility index (Phi) is 7.88. The van der Waals surface area contributed by atoms with E-state index >= 15 is 0 Å². The summed E-state index contributed by atoms with van der Waals surface area (Å²) in [4.78, 5) is 33.3. The third kappa shape index (κ3) is 5.33. The molecule has 8 nitrogen and oxygen atoms in total. The molecule has 8 heteroatoms. The SMILES string of the molecule is COC(=O)C(c1ccnc2ccccc12)N(Cc1ccc(OC)cc1OC)C(=O)c1ccc(OC)cc1. The topological polar surface area (TPSA) is 87.2 Å². The van der Waals surface area contributed by atoms with E-state index in [2.05, 4.69) is 4.98 Å². The van der Waals surface area contributed by atoms with Gasteiger partial charge in [-0.15, -0.1) is 0 Å². The number of aromatic nitrogens is 1. The normalized spacial score (nSPS) is 11.5. The molecule has 1 heterocycles. The number of pyridine rings is 1. The Morgan fingerprint density at radius 1 is 0.838 bits per heavy atom. The highest BCUT2D eigenvalue weighted by atomic mass is 16.5. The number of hydrogen-bond donors (Lipinski definition) is 0. The van der Waals surface area contributed by atoms with Crippen molar-refractivity contribution >= 4 is 22.8 Å². The fourth-order valence-corrected chi connectivity index (χ4v) is 4.24. The molecule has 1 aromatic heterocycles. The highest BCUT2D eigenvalue weighted by Gasteiger charge is 2.35. The molecule has 0 spiro atoms. The second-order valence-electron chi connectivity index (χ2n) is 8.18. The summed E-state index contributed by atoms with van der Waals surface area (Å²) in [5, 5.41) is 0.745. The molecular weight excluding hydrogens is 472 g/mol. The van der Waals surface area contributed by atoms with Crippen molar-refractivity contribution in [1.82, 2.24) is 9.88 Å². The van der Waals surface area contributed by atoms with E-state index in [0.29, 0.717) is 39.5 Å². The van der Waals surface area contributed by atoms with E-state index in [1.165, 1.54) is 12.0 Å². The maximum Gasteiger partial charge on any atom is 0.333 e. The van der Waals surface area contributed by atoms with Crippen molar-refractivity contribution < 1.29 is 28.5 Å². The minimum Gasteiger partial charge on any atom is -0.497 e. The van der Waals surface area contributed by atoms with Crippen LogP contribution in [-0.2, 0) is 16.1 Å². The maximum absolute atomic E-state index is 14.0. The fourth-order valence-electron chi connectivity index (χ4n) is 4.24. The highest BCUT2D eigenvalue weighted by Crippen LogP contribution is 2.34. The zero-order valence-corrected chi connectivity index (χ0v) is 21.1. The van der Waals surface area contributed by atoms with Gasteiger partial charge in [-0.1, -0.05) is 18.2 Å². The van der Waals surface area contributed by atoms with E-state index in [1.54, 1.807) is 70.0 Å². The van der Waals surface area contributed by atoms with Crippen LogP contribution in [0.1, 0.15) is 27.5 Å². The minimum absolute atomic E-state index is 0.0639. The van der Waals surface area contributed by atoms with Crippen molar-refractivity contribution in [2.24, 2.45) is 0 Å². The van der Waals surface area contributed by atoms with Gasteiger partial charge in [-0.05, 0) is 54.1 Å². The summed E-state index contributed by atoms with van der Waals surface area (Å²) < 4.78 is 21.4. The standard InChI is InChI=1S/C29H28N2O6/c1-34-21-12-9-19(10-13-21)28(32)31(18-20-11-14-22(35-2)17-26(20)36-3)27(29(33)37-4)24-15-16-30-25-8-6-5-7-23(24)25/h5-17,27H,18H2,1-4H3. The molecule has 0 aliphatic heterocycles. The largest absolute Gasteiger partial charge is 0.497 e. The van der Waals surface area contributed by atoms with Gasteiger partial charge >= 0.3 is 5.97 Å². The number of ether oxygens (including phenoxy) is 4. The molecule has 4 aromatic rings. The Bertz CT molecular complexity index is 1400. The third-order valence-electron chi connectivity index (χ3n) is 6.15. The Balaban J connectivity index is 1.89. The zero-order valence-electron chi connectivity index (χ0n) is 21.1. The Morgan fingerprint density at radius 2 is 1.54 bits per heavy atom. The second-order valence-corrected chi connectivity index (χ2v) is 8.18. The summed E-state index contributed by atoms with van der Waals surface area (Å²) in [6.45, 7) is 0.0639. The van der Waals surface area contributed by atoms with Crippen molar-refractivity contribution in [2.75, 3.05) is 28.4 Å². The van der Waals surface area contributed by atoms with E-state index in [0.717, 1.165) is 5.39 Å². The summed E-state index contributed by atoms with van der Waals surface area (Å²) in [6.07, 6.45) is 1.62. The molecule has 0 aliphatic rings. The molecule has 190 valence electrons. The van der Waals surface area contributed by atoms with Crippen LogP contribution >= 0.6 is 0 Å². The van der Waals surface area contributed by atoms with Crippen LogP contribution in [0.4, 0.5) is 0 Å². The number of benzene rings is 3. The summed E-state index contributed by atoms with van der Waals surface area (Å²) >= 11 is 0. The first-order chi connectivity index (χ1) is 18.0. The number of para-hydroxylation sites is 1. The number of rotatable bonds is 9. The zero-order chi connectivity index (χ0) is 26.4. The predicted molar refractivity (Wildman–Crippen MR) is 139 cm³/mol. The maximum atomic E-state index is 14.0. The van der Waals surface area contributed by atoms with Gasteiger partial charge in [0.25, 0.3) is 5.91 Å². The lowest BCUT2D eigenvalue weighted by Crippen LogP contribution is -2.39. The van der Waals surface area contributed by atoms with Crippen LogP contribution < -0.4 is 14.2 Å². The van der Waals surface area contributed by atoms with Crippen molar-refractivity contribution in [3.63, 3.8) is 0 Å². The van der Waals surface area contributed by atoms with Gasteiger partial charge in [0, 0.05) is 28.8 Å². The number of hydrogen-bond acceptors (Lipinski definition) is 7. The Labute approximate surface area is 215 Å². The molecule has 4 rings (SSSR count). The van der Waals surface area contributed by atoms with Crippen LogP contribution in [0.15, 0.2) is 79.0 Å². The lowest BCUT2D eigenvalue weighted by atomic mass is 9.98. The molecule has 0 N–H and O–H groups in total. The number of methoxy groups -OCH3 is 4. The van der Waals surface area contributed by atoms with Crippen LogP contribution in [0.3, 0.4) is 0 Å². The van der Waals surface area contributed by atoms with Gasteiger partial charge in [-0.3, -0.25) is 9.78 Å². The monoisotopic (exact) mass is 500 g/mol. The number of esters is 1. The molecule has 0 saturated carbocycles. The molecule has 0 fully saturated rings. The summed E-state index contributed by atoms with van der Waals surface area (Å²) in [7, 11) is 5.97. The average molecular weight is 501 g/mol. The lowest BCUT2D eigenvalue weighted by molar-refractivity contribution is -0.146. The van der Waals surface area contributed by atoms with E-state index in [4.69, 9.17) is 18.9 Å². The molecule has 1 atom stereocenters. The molecular formula is C29H28N2O6. The Morgan fingerprint density at radius 3 is 2.22 bits per heavy atom. The van der Waals surface area contributed by atoms with Crippen LogP contribution in [0.5, 0.6) is 17.2 Å².